The fraction of sp³-hybridized carbons (Fsp3) is 0.304. The Bertz CT molecular complexity index is 920. The quantitative estimate of drug-likeness (QED) is 0.719. The Morgan fingerprint density at radius 1 is 1.14 bits per heavy atom. The Labute approximate surface area is 165 Å². The number of hydrogen-bond donors (Lipinski definition) is 2. The maximum Gasteiger partial charge on any atom is 0.255 e. The molecule has 0 saturated carbocycles. The lowest BCUT2D eigenvalue weighted by Gasteiger charge is -2.30. The standard InChI is InChI=1S/C23H26N4O/c1-17-21(13-8-14-24-17)25-23(28)20-16-27(15-18-9-4-2-5-10-18)26-22(20)19-11-6-3-7-12-19/h2-7,9-12,16-17,21,24H,8,13-15H2,1H3,(H,25,28). The van der Waals surface area contributed by atoms with Gasteiger partial charge in [0, 0.05) is 23.8 Å². The van der Waals surface area contributed by atoms with E-state index < -0.39 is 0 Å². The van der Waals surface area contributed by atoms with Crippen molar-refractivity contribution >= 4 is 5.91 Å². The van der Waals surface area contributed by atoms with Gasteiger partial charge in [-0.3, -0.25) is 9.48 Å². The maximum absolute atomic E-state index is 13.1. The number of amides is 1. The zero-order chi connectivity index (χ0) is 19.3. The molecule has 5 heteroatoms. The minimum absolute atomic E-state index is 0.0567. The van der Waals surface area contributed by atoms with Gasteiger partial charge in [-0.25, -0.2) is 0 Å². The van der Waals surface area contributed by atoms with Crippen molar-refractivity contribution in [1.82, 2.24) is 20.4 Å². The number of hydrogen-bond acceptors (Lipinski definition) is 3. The molecule has 1 aliphatic rings. The van der Waals surface area contributed by atoms with E-state index >= 15 is 0 Å². The highest BCUT2D eigenvalue weighted by Gasteiger charge is 2.25. The molecule has 2 atom stereocenters. The lowest BCUT2D eigenvalue weighted by molar-refractivity contribution is 0.0920. The van der Waals surface area contributed by atoms with E-state index in [2.05, 4.69) is 29.7 Å². The van der Waals surface area contributed by atoms with Crippen LogP contribution in [0.2, 0.25) is 0 Å². The second-order valence-electron chi connectivity index (χ2n) is 7.41. The van der Waals surface area contributed by atoms with E-state index in [1.807, 2.05) is 59.4 Å². The van der Waals surface area contributed by atoms with E-state index in [1.165, 1.54) is 0 Å². The van der Waals surface area contributed by atoms with Crippen LogP contribution < -0.4 is 10.6 Å². The number of piperidine rings is 1. The molecule has 0 radical (unpaired) electrons. The van der Waals surface area contributed by atoms with E-state index in [0.717, 1.165) is 36.2 Å². The number of benzene rings is 2. The molecule has 2 N–H and O–H groups in total. The summed E-state index contributed by atoms with van der Waals surface area (Å²) in [7, 11) is 0. The molecule has 28 heavy (non-hydrogen) atoms. The summed E-state index contributed by atoms with van der Waals surface area (Å²) in [5, 5.41) is 11.4. The van der Waals surface area contributed by atoms with Crippen molar-refractivity contribution in [2.45, 2.75) is 38.4 Å². The van der Waals surface area contributed by atoms with Gasteiger partial charge in [-0.15, -0.1) is 0 Å². The molecule has 1 aromatic heterocycles. The van der Waals surface area contributed by atoms with Gasteiger partial charge in [0.2, 0.25) is 0 Å². The molecule has 1 amide bonds. The highest BCUT2D eigenvalue weighted by Crippen LogP contribution is 2.23. The Morgan fingerprint density at radius 3 is 2.57 bits per heavy atom. The third kappa shape index (κ3) is 4.15. The molecular weight excluding hydrogens is 348 g/mol. The summed E-state index contributed by atoms with van der Waals surface area (Å²) in [6, 6.07) is 20.5. The first-order chi connectivity index (χ1) is 13.7. The number of nitrogens with zero attached hydrogens (tertiary/aromatic N) is 2. The fourth-order valence-corrected chi connectivity index (χ4v) is 3.74. The van der Waals surface area contributed by atoms with Gasteiger partial charge in [0.1, 0.15) is 5.69 Å². The SMILES string of the molecule is CC1NCCCC1NC(=O)c1cn(Cc2ccccc2)nc1-c1ccccc1. The summed E-state index contributed by atoms with van der Waals surface area (Å²) in [5.74, 6) is -0.0567. The van der Waals surface area contributed by atoms with Gasteiger partial charge in [-0.2, -0.15) is 5.10 Å². The lowest BCUT2D eigenvalue weighted by Crippen LogP contribution is -2.51. The second kappa shape index (κ2) is 8.40. The smallest absolute Gasteiger partial charge is 0.255 e. The van der Waals surface area contributed by atoms with E-state index in [9.17, 15) is 4.79 Å². The predicted molar refractivity (Wildman–Crippen MR) is 111 cm³/mol. The summed E-state index contributed by atoms with van der Waals surface area (Å²) in [6.45, 7) is 3.77. The van der Waals surface area contributed by atoms with Gasteiger partial charge in [0.25, 0.3) is 5.91 Å². The van der Waals surface area contributed by atoms with Gasteiger partial charge < -0.3 is 10.6 Å². The molecule has 0 spiro atoms. The first kappa shape index (κ1) is 18.4. The molecule has 1 saturated heterocycles. The monoisotopic (exact) mass is 374 g/mol. The molecule has 2 unspecified atom stereocenters. The number of rotatable bonds is 5. The Hall–Kier alpha value is -2.92. The Kier molecular flexibility index (Phi) is 5.53. The number of carbonyl (C=O) groups excluding carboxylic acids is 1. The predicted octanol–water partition coefficient (Wildman–Crippen LogP) is 3.47. The average Bonchev–Trinajstić information content (AvgIpc) is 3.15. The summed E-state index contributed by atoms with van der Waals surface area (Å²) >= 11 is 0. The van der Waals surface area contributed by atoms with Crippen LogP contribution in [0.3, 0.4) is 0 Å². The number of carbonyl (C=O) groups is 1. The van der Waals surface area contributed by atoms with Crippen LogP contribution in [-0.4, -0.2) is 34.3 Å². The molecule has 144 valence electrons. The maximum atomic E-state index is 13.1. The lowest BCUT2D eigenvalue weighted by atomic mass is 9.99. The molecule has 1 fully saturated rings. The van der Waals surface area contributed by atoms with Crippen molar-refractivity contribution in [3.8, 4) is 11.3 Å². The molecule has 2 heterocycles. The van der Waals surface area contributed by atoms with Crippen molar-refractivity contribution in [2.24, 2.45) is 0 Å². The molecular formula is C23H26N4O. The van der Waals surface area contributed by atoms with Crippen molar-refractivity contribution in [3.05, 3.63) is 78.0 Å². The van der Waals surface area contributed by atoms with Gasteiger partial charge in [0.05, 0.1) is 12.1 Å². The third-order valence-electron chi connectivity index (χ3n) is 5.32. The molecule has 0 aliphatic carbocycles. The first-order valence-corrected chi connectivity index (χ1v) is 9.92. The molecule has 4 rings (SSSR count). The molecule has 1 aliphatic heterocycles. The minimum atomic E-state index is -0.0567. The van der Waals surface area contributed by atoms with E-state index in [4.69, 9.17) is 5.10 Å². The van der Waals surface area contributed by atoms with E-state index in [0.29, 0.717) is 12.1 Å². The van der Waals surface area contributed by atoms with Crippen LogP contribution >= 0.6 is 0 Å². The van der Waals surface area contributed by atoms with Gasteiger partial charge in [-0.05, 0) is 31.9 Å². The number of nitrogens with one attached hydrogen (secondary N) is 2. The van der Waals surface area contributed by atoms with Crippen molar-refractivity contribution < 1.29 is 4.79 Å². The minimum Gasteiger partial charge on any atom is -0.348 e. The second-order valence-corrected chi connectivity index (χ2v) is 7.41. The molecule has 0 bridgehead atoms. The average molecular weight is 374 g/mol. The third-order valence-corrected chi connectivity index (χ3v) is 5.32. The summed E-state index contributed by atoms with van der Waals surface area (Å²) in [6.07, 6.45) is 3.94. The Balaban J connectivity index is 1.63. The van der Waals surface area contributed by atoms with Crippen LogP contribution in [0.5, 0.6) is 0 Å². The highest BCUT2D eigenvalue weighted by atomic mass is 16.1. The van der Waals surface area contributed by atoms with Crippen molar-refractivity contribution in [1.29, 1.82) is 0 Å². The van der Waals surface area contributed by atoms with Crippen molar-refractivity contribution in [3.63, 3.8) is 0 Å². The normalized spacial score (nSPS) is 19.3. The number of aromatic nitrogens is 2. The largest absolute Gasteiger partial charge is 0.348 e. The van der Waals surface area contributed by atoms with Crippen LogP contribution in [0.4, 0.5) is 0 Å². The zero-order valence-corrected chi connectivity index (χ0v) is 16.1. The Morgan fingerprint density at radius 2 is 1.86 bits per heavy atom. The van der Waals surface area contributed by atoms with Crippen LogP contribution in [0.15, 0.2) is 66.9 Å². The van der Waals surface area contributed by atoms with Crippen LogP contribution in [0.25, 0.3) is 11.3 Å². The molecule has 5 nitrogen and oxygen atoms in total. The van der Waals surface area contributed by atoms with E-state index in [-0.39, 0.29) is 18.0 Å². The highest BCUT2D eigenvalue weighted by molar-refractivity contribution is 6.00. The topological polar surface area (TPSA) is 58.9 Å². The van der Waals surface area contributed by atoms with Gasteiger partial charge >= 0.3 is 0 Å². The summed E-state index contributed by atoms with van der Waals surface area (Å²) in [4.78, 5) is 13.1. The van der Waals surface area contributed by atoms with E-state index in [1.54, 1.807) is 0 Å². The van der Waals surface area contributed by atoms with Gasteiger partial charge in [0.15, 0.2) is 0 Å². The fourth-order valence-electron chi connectivity index (χ4n) is 3.74. The van der Waals surface area contributed by atoms with Crippen LogP contribution in [0.1, 0.15) is 35.7 Å². The van der Waals surface area contributed by atoms with Crippen LogP contribution in [-0.2, 0) is 6.54 Å². The summed E-state index contributed by atoms with van der Waals surface area (Å²) < 4.78 is 1.86. The first-order valence-electron chi connectivity index (χ1n) is 9.92. The molecule has 2 aromatic carbocycles. The van der Waals surface area contributed by atoms with Gasteiger partial charge in [-0.1, -0.05) is 60.7 Å². The molecule has 3 aromatic rings. The summed E-state index contributed by atoms with van der Waals surface area (Å²) in [5.41, 5.74) is 3.46. The zero-order valence-electron chi connectivity index (χ0n) is 16.1. The van der Waals surface area contributed by atoms with Crippen molar-refractivity contribution in [2.75, 3.05) is 6.54 Å². The van der Waals surface area contributed by atoms with Crippen LogP contribution in [0, 0.1) is 0 Å².